The molecule has 1 aliphatic heterocycles. The second kappa shape index (κ2) is 4.69. The van der Waals surface area contributed by atoms with Crippen LogP contribution in [0.1, 0.15) is 20.8 Å². The fourth-order valence-corrected chi connectivity index (χ4v) is 1.65. The number of ether oxygens (including phenoxy) is 1. The van der Waals surface area contributed by atoms with E-state index >= 15 is 0 Å². The number of carbonyl (C=O) groups is 3. The van der Waals surface area contributed by atoms with Crippen molar-refractivity contribution >= 4 is 29.1 Å². The Kier molecular flexibility index (Phi) is 3.74. The molecular weight excluding hydrogens is 236 g/mol. The summed E-state index contributed by atoms with van der Waals surface area (Å²) >= 11 is 5.24. The zero-order chi connectivity index (χ0) is 12.5. The first kappa shape index (κ1) is 12.8. The third-order valence-corrected chi connectivity index (χ3v) is 2.25. The first-order valence-corrected chi connectivity index (χ1v) is 5.23. The molecule has 0 aromatic heterocycles. The normalized spacial score (nSPS) is 20.6. The van der Waals surface area contributed by atoms with E-state index in [1.807, 2.05) is 0 Å². The van der Waals surface area contributed by atoms with Gasteiger partial charge in [-0.2, -0.15) is 0 Å². The topological polar surface area (TPSA) is 66.9 Å². The lowest BCUT2D eigenvalue weighted by Crippen LogP contribution is -2.38. The van der Waals surface area contributed by atoms with E-state index in [0.717, 1.165) is 9.80 Å². The van der Waals surface area contributed by atoms with Crippen LogP contribution in [0.3, 0.4) is 0 Å². The minimum absolute atomic E-state index is 0.100. The molecule has 1 saturated heterocycles. The van der Waals surface area contributed by atoms with Gasteiger partial charge in [-0.3, -0.25) is 4.79 Å². The number of nitrogens with zero attached hydrogens (tertiary/aromatic N) is 2. The van der Waals surface area contributed by atoms with Gasteiger partial charge in [0, 0.05) is 0 Å². The number of carbonyl (C=O) groups excluding carboxylic acids is 3. The van der Waals surface area contributed by atoms with Crippen LogP contribution in [0.15, 0.2) is 0 Å². The number of amides is 4. The van der Waals surface area contributed by atoms with Crippen LogP contribution in [0.25, 0.3) is 0 Å². The molecule has 0 aromatic carbocycles. The highest BCUT2D eigenvalue weighted by Gasteiger charge is 2.42. The van der Waals surface area contributed by atoms with Gasteiger partial charge < -0.3 is 4.74 Å². The minimum atomic E-state index is -0.891. The van der Waals surface area contributed by atoms with E-state index in [9.17, 15) is 14.4 Å². The summed E-state index contributed by atoms with van der Waals surface area (Å²) in [5.41, 5.74) is 0. The molecule has 1 heterocycles. The van der Waals surface area contributed by atoms with Crippen molar-refractivity contribution in [1.29, 1.82) is 0 Å². The average molecular weight is 249 g/mol. The largest absolute Gasteiger partial charge is 0.446 e. The summed E-state index contributed by atoms with van der Waals surface area (Å²) in [6.45, 7) is 5.07. The van der Waals surface area contributed by atoms with E-state index in [-0.39, 0.29) is 12.6 Å². The van der Waals surface area contributed by atoms with Gasteiger partial charge in [0.25, 0.3) is 0 Å². The van der Waals surface area contributed by atoms with Gasteiger partial charge in [-0.15, -0.1) is 0 Å². The standard InChI is InChI=1S/C9H13ClN2O4/c1-5(2)16-9(15)11-4-6(3)12(7(10)13)8(11)14/h5-6H,4H2,1-3H3. The molecule has 4 amide bonds. The fraction of sp³-hybridized carbons (Fsp3) is 0.667. The number of imide groups is 2. The first-order valence-electron chi connectivity index (χ1n) is 4.85. The van der Waals surface area contributed by atoms with E-state index in [2.05, 4.69) is 0 Å². The van der Waals surface area contributed by atoms with Crippen LogP contribution < -0.4 is 0 Å². The van der Waals surface area contributed by atoms with Crippen molar-refractivity contribution in [3.63, 3.8) is 0 Å². The molecular formula is C9H13ClN2O4. The van der Waals surface area contributed by atoms with Crippen molar-refractivity contribution in [2.24, 2.45) is 0 Å². The van der Waals surface area contributed by atoms with Crippen LogP contribution in [0, 0.1) is 0 Å². The highest BCUT2D eigenvalue weighted by Crippen LogP contribution is 2.19. The lowest BCUT2D eigenvalue weighted by Gasteiger charge is -2.16. The van der Waals surface area contributed by atoms with Crippen molar-refractivity contribution in [1.82, 2.24) is 9.80 Å². The maximum absolute atomic E-state index is 11.6. The Hall–Kier alpha value is -1.30. The van der Waals surface area contributed by atoms with Crippen molar-refractivity contribution in [2.45, 2.75) is 32.9 Å². The lowest BCUT2D eigenvalue weighted by atomic mass is 10.3. The van der Waals surface area contributed by atoms with Gasteiger partial charge in [0.1, 0.15) is 0 Å². The zero-order valence-corrected chi connectivity index (χ0v) is 10.0. The number of rotatable bonds is 1. The zero-order valence-electron chi connectivity index (χ0n) is 9.27. The molecule has 0 aromatic rings. The Morgan fingerprint density at radius 1 is 1.50 bits per heavy atom. The summed E-state index contributed by atoms with van der Waals surface area (Å²) < 4.78 is 4.87. The molecule has 0 spiro atoms. The predicted molar refractivity (Wildman–Crippen MR) is 56.3 cm³/mol. The third-order valence-electron chi connectivity index (χ3n) is 2.07. The van der Waals surface area contributed by atoms with Crippen molar-refractivity contribution < 1.29 is 19.1 Å². The third kappa shape index (κ3) is 2.44. The second-order valence-corrected chi connectivity index (χ2v) is 4.12. The average Bonchev–Trinajstić information content (AvgIpc) is 2.40. The smallest absolute Gasteiger partial charge is 0.418 e. The second-order valence-electron chi connectivity index (χ2n) is 3.80. The highest BCUT2D eigenvalue weighted by molar-refractivity contribution is 6.64. The van der Waals surface area contributed by atoms with Gasteiger partial charge >= 0.3 is 17.5 Å². The van der Waals surface area contributed by atoms with Gasteiger partial charge in [-0.05, 0) is 32.4 Å². The summed E-state index contributed by atoms with van der Waals surface area (Å²) in [7, 11) is 0. The van der Waals surface area contributed by atoms with Gasteiger partial charge in [0.15, 0.2) is 0 Å². The van der Waals surface area contributed by atoms with Gasteiger partial charge in [0.05, 0.1) is 18.7 Å². The molecule has 1 unspecified atom stereocenters. The highest BCUT2D eigenvalue weighted by atomic mass is 35.5. The molecule has 0 saturated carbocycles. The fourth-order valence-electron chi connectivity index (χ4n) is 1.41. The molecule has 6 nitrogen and oxygen atoms in total. The first-order chi connectivity index (χ1) is 7.34. The summed E-state index contributed by atoms with van der Waals surface area (Å²) in [4.78, 5) is 35.7. The molecule has 1 fully saturated rings. The quantitative estimate of drug-likeness (QED) is 0.526. The maximum Gasteiger partial charge on any atom is 0.418 e. The molecule has 1 aliphatic rings. The van der Waals surface area contributed by atoms with Crippen LogP contribution in [0.5, 0.6) is 0 Å². The number of urea groups is 1. The lowest BCUT2D eigenvalue weighted by molar-refractivity contribution is 0.0891. The molecule has 90 valence electrons. The summed E-state index contributed by atoms with van der Waals surface area (Å²) in [6, 6.07) is -1.17. The molecule has 0 bridgehead atoms. The molecule has 1 atom stereocenters. The van der Waals surface area contributed by atoms with Crippen molar-refractivity contribution in [3.05, 3.63) is 0 Å². The van der Waals surface area contributed by atoms with Crippen LogP contribution in [-0.4, -0.2) is 46.0 Å². The van der Waals surface area contributed by atoms with E-state index < -0.39 is 23.5 Å². The number of halogens is 1. The predicted octanol–water partition coefficient (Wildman–Crippen LogP) is 2.02. The van der Waals surface area contributed by atoms with Crippen LogP contribution in [0.4, 0.5) is 14.4 Å². The Balaban J connectivity index is 2.76. The van der Waals surface area contributed by atoms with E-state index in [1.165, 1.54) is 0 Å². The SMILES string of the molecule is CC(C)OC(=O)N1CC(C)N(C(=O)Cl)C1=O. The molecule has 0 aliphatic carbocycles. The molecule has 1 rings (SSSR count). The van der Waals surface area contributed by atoms with Crippen LogP contribution in [-0.2, 0) is 4.74 Å². The minimum Gasteiger partial charge on any atom is -0.446 e. The summed E-state index contributed by atoms with van der Waals surface area (Å²) in [6.07, 6.45) is -1.08. The van der Waals surface area contributed by atoms with Crippen LogP contribution >= 0.6 is 11.6 Å². The number of hydrogen-bond acceptors (Lipinski definition) is 4. The summed E-state index contributed by atoms with van der Waals surface area (Å²) in [5.74, 6) is 0. The Morgan fingerprint density at radius 2 is 2.06 bits per heavy atom. The van der Waals surface area contributed by atoms with Gasteiger partial charge in [0.2, 0.25) is 0 Å². The number of hydrogen-bond donors (Lipinski definition) is 0. The van der Waals surface area contributed by atoms with E-state index in [0.29, 0.717) is 0 Å². The molecule has 0 N–H and O–H groups in total. The molecule has 7 heteroatoms. The maximum atomic E-state index is 11.6. The Bertz CT molecular complexity index is 331. The van der Waals surface area contributed by atoms with Crippen molar-refractivity contribution in [3.8, 4) is 0 Å². The van der Waals surface area contributed by atoms with E-state index in [1.54, 1.807) is 20.8 Å². The van der Waals surface area contributed by atoms with Gasteiger partial charge in [-0.1, -0.05) is 0 Å². The van der Waals surface area contributed by atoms with E-state index in [4.69, 9.17) is 16.3 Å². The Labute approximate surface area is 98.1 Å². The molecule has 16 heavy (non-hydrogen) atoms. The van der Waals surface area contributed by atoms with Crippen LogP contribution in [0.2, 0.25) is 0 Å². The van der Waals surface area contributed by atoms with Gasteiger partial charge in [-0.25, -0.2) is 19.4 Å². The Morgan fingerprint density at radius 3 is 2.44 bits per heavy atom. The monoisotopic (exact) mass is 248 g/mol. The van der Waals surface area contributed by atoms with Crippen molar-refractivity contribution in [2.75, 3.05) is 6.54 Å². The summed E-state index contributed by atoms with van der Waals surface area (Å²) in [5, 5.41) is -0.891. The molecule has 0 radical (unpaired) electrons.